The lowest BCUT2D eigenvalue weighted by molar-refractivity contribution is 1.01. The highest BCUT2D eigenvalue weighted by Gasteiger charge is 1.98. The quantitative estimate of drug-likeness (QED) is 0.778. The molecular formula is C9H11ClN2. The van der Waals surface area contributed by atoms with Crippen LogP contribution in [0, 0.1) is 0 Å². The van der Waals surface area contributed by atoms with Crippen molar-refractivity contribution >= 4 is 17.2 Å². The minimum absolute atomic E-state index is 0.600. The van der Waals surface area contributed by atoms with Gasteiger partial charge in [-0.05, 0) is 30.7 Å². The van der Waals surface area contributed by atoms with Crippen molar-refractivity contribution in [1.29, 1.82) is 0 Å². The molecule has 0 atom stereocenters. The molecule has 0 aliphatic heterocycles. The van der Waals surface area contributed by atoms with Crippen LogP contribution in [0.25, 0.3) is 5.57 Å². The lowest BCUT2D eigenvalue weighted by Gasteiger charge is -2.01. The Morgan fingerprint density at radius 1 is 1.58 bits per heavy atom. The molecule has 1 rings (SSSR count). The van der Waals surface area contributed by atoms with E-state index in [1.54, 1.807) is 12.3 Å². The molecule has 0 amide bonds. The number of aromatic nitrogens is 1. The summed E-state index contributed by atoms with van der Waals surface area (Å²) >= 11 is 5.68. The molecule has 0 radical (unpaired) electrons. The highest BCUT2D eigenvalue weighted by molar-refractivity contribution is 6.30. The highest BCUT2D eigenvalue weighted by Crippen LogP contribution is 2.14. The van der Waals surface area contributed by atoms with E-state index in [2.05, 4.69) is 11.6 Å². The number of nitrogens with two attached hydrogens (primary N) is 1. The first-order valence-corrected chi connectivity index (χ1v) is 4.11. The van der Waals surface area contributed by atoms with Gasteiger partial charge in [-0.25, -0.2) is 0 Å². The van der Waals surface area contributed by atoms with Crippen LogP contribution >= 0.6 is 11.6 Å². The zero-order valence-corrected chi connectivity index (χ0v) is 7.51. The lowest BCUT2D eigenvalue weighted by atomic mass is 10.1. The summed E-state index contributed by atoms with van der Waals surface area (Å²) in [4.78, 5) is 4.11. The van der Waals surface area contributed by atoms with Crippen molar-refractivity contribution in [2.75, 3.05) is 6.54 Å². The Labute approximate surface area is 77.1 Å². The Kier molecular flexibility index (Phi) is 3.26. The average molecular weight is 183 g/mol. The fourth-order valence-corrected chi connectivity index (χ4v) is 0.999. The van der Waals surface area contributed by atoms with Crippen molar-refractivity contribution in [2.45, 2.75) is 6.42 Å². The fraction of sp³-hybridized carbons (Fsp3) is 0.222. The van der Waals surface area contributed by atoms with E-state index in [0.717, 1.165) is 17.7 Å². The molecule has 0 aromatic carbocycles. The first-order chi connectivity index (χ1) is 5.74. The zero-order chi connectivity index (χ0) is 8.97. The van der Waals surface area contributed by atoms with Gasteiger partial charge in [0, 0.05) is 6.20 Å². The van der Waals surface area contributed by atoms with Gasteiger partial charge < -0.3 is 5.73 Å². The molecule has 0 saturated carbocycles. The van der Waals surface area contributed by atoms with Gasteiger partial charge in [0.05, 0.1) is 10.7 Å². The van der Waals surface area contributed by atoms with Gasteiger partial charge in [-0.3, -0.25) is 4.98 Å². The van der Waals surface area contributed by atoms with E-state index in [1.165, 1.54) is 0 Å². The van der Waals surface area contributed by atoms with Gasteiger partial charge >= 0.3 is 0 Å². The first-order valence-electron chi connectivity index (χ1n) is 3.74. The Bertz CT molecular complexity index is 266. The molecule has 0 spiro atoms. The maximum Gasteiger partial charge on any atom is 0.0657 e. The second-order valence-electron chi connectivity index (χ2n) is 2.50. The molecule has 0 saturated heterocycles. The summed E-state index contributed by atoms with van der Waals surface area (Å²) in [7, 11) is 0. The second kappa shape index (κ2) is 4.24. The predicted molar refractivity (Wildman–Crippen MR) is 52.0 cm³/mol. The van der Waals surface area contributed by atoms with Gasteiger partial charge in [0.25, 0.3) is 0 Å². The molecule has 12 heavy (non-hydrogen) atoms. The number of hydrogen-bond acceptors (Lipinski definition) is 2. The Morgan fingerprint density at radius 2 is 2.33 bits per heavy atom. The van der Waals surface area contributed by atoms with Gasteiger partial charge in [0.2, 0.25) is 0 Å². The number of nitrogens with zero attached hydrogens (tertiary/aromatic N) is 1. The van der Waals surface area contributed by atoms with Crippen molar-refractivity contribution in [3.8, 4) is 0 Å². The Balaban J connectivity index is 2.75. The van der Waals surface area contributed by atoms with Crippen LogP contribution in [0.4, 0.5) is 0 Å². The molecule has 1 heterocycles. The summed E-state index contributed by atoms with van der Waals surface area (Å²) in [6.45, 7) is 4.46. The molecule has 2 N–H and O–H groups in total. The van der Waals surface area contributed by atoms with Crippen LogP contribution in [-0.4, -0.2) is 11.5 Å². The van der Waals surface area contributed by atoms with E-state index in [0.29, 0.717) is 11.6 Å². The molecule has 1 aromatic heterocycles. The summed E-state index contributed by atoms with van der Waals surface area (Å²) < 4.78 is 0. The first kappa shape index (κ1) is 9.23. The van der Waals surface area contributed by atoms with Crippen LogP contribution in [0.1, 0.15) is 12.1 Å². The topological polar surface area (TPSA) is 38.9 Å². The van der Waals surface area contributed by atoms with Crippen molar-refractivity contribution < 1.29 is 0 Å². The van der Waals surface area contributed by atoms with Crippen molar-refractivity contribution in [3.63, 3.8) is 0 Å². The minimum Gasteiger partial charge on any atom is -0.330 e. The van der Waals surface area contributed by atoms with Crippen LogP contribution in [0.2, 0.25) is 5.02 Å². The number of pyridine rings is 1. The Morgan fingerprint density at radius 3 is 2.83 bits per heavy atom. The van der Waals surface area contributed by atoms with E-state index < -0.39 is 0 Å². The summed E-state index contributed by atoms with van der Waals surface area (Å²) in [6, 6.07) is 3.64. The maximum atomic E-state index is 5.68. The van der Waals surface area contributed by atoms with E-state index >= 15 is 0 Å². The van der Waals surface area contributed by atoms with Crippen molar-refractivity contribution in [3.05, 3.63) is 35.6 Å². The second-order valence-corrected chi connectivity index (χ2v) is 2.94. The number of rotatable bonds is 3. The molecule has 3 heteroatoms. The maximum absolute atomic E-state index is 5.68. The van der Waals surface area contributed by atoms with Gasteiger partial charge in [0.1, 0.15) is 0 Å². The molecule has 0 aliphatic rings. The highest BCUT2D eigenvalue weighted by atomic mass is 35.5. The van der Waals surface area contributed by atoms with Crippen LogP contribution in [0.3, 0.4) is 0 Å². The molecule has 0 fully saturated rings. The van der Waals surface area contributed by atoms with E-state index in [1.807, 2.05) is 6.07 Å². The van der Waals surface area contributed by atoms with Crippen LogP contribution in [-0.2, 0) is 0 Å². The van der Waals surface area contributed by atoms with E-state index in [-0.39, 0.29) is 0 Å². The standard InChI is InChI=1S/C9H11ClN2/c1-7(4-5-11)9-3-2-8(10)6-12-9/h2-3,6H,1,4-5,11H2. The van der Waals surface area contributed by atoms with Crippen molar-refractivity contribution in [2.24, 2.45) is 5.73 Å². The van der Waals surface area contributed by atoms with Gasteiger partial charge in [-0.2, -0.15) is 0 Å². The summed E-state index contributed by atoms with van der Waals surface area (Å²) in [5.41, 5.74) is 7.20. The zero-order valence-electron chi connectivity index (χ0n) is 6.76. The van der Waals surface area contributed by atoms with E-state index in [9.17, 15) is 0 Å². The summed E-state index contributed by atoms with van der Waals surface area (Å²) in [5.74, 6) is 0. The number of halogens is 1. The minimum atomic E-state index is 0.600. The van der Waals surface area contributed by atoms with Gasteiger partial charge in [0.15, 0.2) is 0 Å². The normalized spacial score (nSPS) is 9.83. The predicted octanol–water partition coefficient (Wildman–Crippen LogP) is 2.10. The Hall–Kier alpha value is -0.860. The average Bonchev–Trinajstić information content (AvgIpc) is 2.06. The molecule has 0 unspecified atom stereocenters. The molecule has 2 nitrogen and oxygen atoms in total. The number of hydrogen-bond donors (Lipinski definition) is 1. The summed E-state index contributed by atoms with van der Waals surface area (Å²) in [5, 5.41) is 0.638. The lowest BCUT2D eigenvalue weighted by Crippen LogP contribution is -2.00. The fourth-order valence-electron chi connectivity index (χ4n) is 0.887. The SMILES string of the molecule is C=C(CCN)c1ccc(Cl)cn1. The molecule has 64 valence electrons. The molecular weight excluding hydrogens is 172 g/mol. The monoisotopic (exact) mass is 182 g/mol. The molecule has 0 aliphatic carbocycles. The molecule has 1 aromatic rings. The largest absolute Gasteiger partial charge is 0.330 e. The van der Waals surface area contributed by atoms with Crippen LogP contribution < -0.4 is 5.73 Å². The third-order valence-corrected chi connectivity index (χ3v) is 1.76. The third-order valence-electron chi connectivity index (χ3n) is 1.54. The smallest absolute Gasteiger partial charge is 0.0657 e. The van der Waals surface area contributed by atoms with E-state index in [4.69, 9.17) is 17.3 Å². The van der Waals surface area contributed by atoms with Crippen LogP contribution in [0.5, 0.6) is 0 Å². The van der Waals surface area contributed by atoms with Crippen molar-refractivity contribution in [1.82, 2.24) is 4.98 Å². The molecule has 0 bridgehead atoms. The summed E-state index contributed by atoms with van der Waals surface area (Å²) in [6.07, 6.45) is 2.38. The van der Waals surface area contributed by atoms with Gasteiger partial charge in [-0.15, -0.1) is 0 Å². The third kappa shape index (κ3) is 2.32. The van der Waals surface area contributed by atoms with Gasteiger partial charge in [-0.1, -0.05) is 18.2 Å². The van der Waals surface area contributed by atoms with Crippen LogP contribution in [0.15, 0.2) is 24.9 Å².